The summed E-state index contributed by atoms with van der Waals surface area (Å²) in [6, 6.07) is 7.37. The topological polar surface area (TPSA) is 133 Å². The molecule has 10 heteroatoms. The quantitative estimate of drug-likeness (QED) is 0.414. The van der Waals surface area contributed by atoms with Gasteiger partial charge >= 0.3 is 49.2 Å². The van der Waals surface area contributed by atoms with Crippen LogP contribution in [0.3, 0.4) is 0 Å². The van der Waals surface area contributed by atoms with E-state index in [1.807, 2.05) is 0 Å². The number of carboxylic acids is 1. The number of carbonyl (C=O) groups is 2. The van der Waals surface area contributed by atoms with Crippen LogP contribution in [0.4, 0.5) is 4.79 Å². The zero-order valence-corrected chi connectivity index (χ0v) is 11.9. The van der Waals surface area contributed by atoms with Gasteiger partial charge in [0.2, 0.25) is 0 Å². The first-order valence-electron chi connectivity index (χ1n) is 6.02. The van der Waals surface area contributed by atoms with Crippen LogP contribution < -0.4 is 5.32 Å². The summed E-state index contributed by atoms with van der Waals surface area (Å²) in [7, 11) is -4.32. The molecule has 1 atom stereocenters. The van der Waals surface area contributed by atoms with Crippen molar-refractivity contribution >= 4 is 49.2 Å². The molecule has 0 aliphatic carbocycles. The van der Waals surface area contributed by atoms with Gasteiger partial charge in [-0.1, -0.05) is 30.3 Å². The fourth-order valence-electron chi connectivity index (χ4n) is 1.46. The van der Waals surface area contributed by atoms with Crippen LogP contribution >= 0.6 is 7.60 Å². The summed E-state index contributed by atoms with van der Waals surface area (Å²) in [5.74, 6) is -1.39. The molecule has 1 aromatic carbocycles. The van der Waals surface area contributed by atoms with Crippen LogP contribution in [0.1, 0.15) is 12.0 Å². The number of hydrogen-bond acceptors (Lipinski definition) is 4. The van der Waals surface area contributed by atoms with Crippen molar-refractivity contribution in [1.29, 1.82) is 0 Å². The molecule has 0 spiro atoms. The standard InChI is InChI=1S/C12H16NO7P.Na.H/c14-11(15)10(6-7-21(17,18)19)13-12(16)20-8-9-4-2-1-3-5-9;;/h1-5,10H,6-8H2,(H,13,16)(H,14,15)(H2,17,18,19);;. The zero-order valence-electron chi connectivity index (χ0n) is 11.0. The van der Waals surface area contributed by atoms with Gasteiger partial charge in [-0.15, -0.1) is 0 Å². The van der Waals surface area contributed by atoms with Crippen molar-refractivity contribution in [3.05, 3.63) is 35.9 Å². The van der Waals surface area contributed by atoms with Gasteiger partial charge in [-0.05, 0) is 12.0 Å². The molecule has 0 bridgehead atoms. The minimum atomic E-state index is -4.32. The third kappa shape index (κ3) is 9.19. The number of carbonyl (C=O) groups excluding carboxylic acids is 1. The van der Waals surface area contributed by atoms with E-state index in [1.54, 1.807) is 30.3 Å². The van der Waals surface area contributed by atoms with E-state index in [0.29, 0.717) is 0 Å². The molecule has 8 nitrogen and oxygen atoms in total. The summed E-state index contributed by atoms with van der Waals surface area (Å²) < 4.78 is 15.5. The Balaban J connectivity index is 0.00000441. The number of carboxylic acid groups (broad SMARTS) is 1. The average molecular weight is 341 g/mol. The molecule has 0 aliphatic rings. The van der Waals surface area contributed by atoms with Crippen LogP contribution in [0.15, 0.2) is 30.3 Å². The second-order valence-corrected chi connectivity index (χ2v) is 6.05. The van der Waals surface area contributed by atoms with E-state index < -0.39 is 31.9 Å². The maximum atomic E-state index is 11.5. The molecular weight excluding hydrogens is 324 g/mol. The molecule has 1 unspecified atom stereocenters. The predicted molar refractivity (Wildman–Crippen MR) is 79.9 cm³/mol. The van der Waals surface area contributed by atoms with E-state index in [2.05, 4.69) is 5.32 Å². The van der Waals surface area contributed by atoms with E-state index in [9.17, 15) is 14.2 Å². The first kappa shape index (κ1) is 21.1. The summed E-state index contributed by atoms with van der Waals surface area (Å²) in [5.41, 5.74) is 0.731. The summed E-state index contributed by atoms with van der Waals surface area (Å²) >= 11 is 0. The third-order valence-corrected chi connectivity index (χ3v) is 3.35. The molecule has 118 valence electrons. The summed E-state index contributed by atoms with van der Waals surface area (Å²) in [5, 5.41) is 10.9. The molecule has 0 radical (unpaired) electrons. The molecule has 0 fully saturated rings. The molecule has 0 aromatic heterocycles. The Morgan fingerprint density at radius 2 is 1.82 bits per heavy atom. The van der Waals surface area contributed by atoms with Gasteiger partial charge in [0.15, 0.2) is 0 Å². The normalized spacial score (nSPS) is 11.9. The molecule has 4 N–H and O–H groups in total. The number of hydrogen-bond donors (Lipinski definition) is 4. The fraction of sp³-hybridized carbons (Fsp3) is 0.333. The number of benzene rings is 1. The van der Waals surface area contributed by atoms with Crippen LogP contribution in [0, 0.1) is 0 Å². The van der Waals surface area contributed by atoms with Gasteiger partial charge in [-0.2, -0.15) is 0 Å². The SMILES string of the molecule is O=C(NC(CCP(=O)(O)O)C(=O)O)OCc1ccccc1.[NaH]. The average Bonchev–Trinajstić information content (AvgIpc) is 2.41. The number of aliphatic carboxylic acids is 1. The Morgan fingerprint density at radius 3 is 2.32 bits per heavy atom. The third-order valence-electron chi connectivity index (χ3n) is 2.51. The fourth-order valence-corrected chi connectivity index (χ4v) is 2.06. The van der Waals surface area contributed by atoms with Crippen molar-refractivity contribution < 1.29 is 33.8 Å². The second kappa shape index (κ2) is 9.99. The molecule has 0 saturated heterocycles. The van der Waals surface area contributed by atoms with Gasteiger partial charge in [-0.3, -0.25) is 4.57 Å². The molecule has 1 aromatic rings. The molecule has 0 heterocycles. The van der Waals surface area contributed by atoms with Crippen molar-refractivity contribution in [3.8, 4) is 0 Å². The van der Waals surface area contributed by atoms with E-state index in [0.717, 1.165) is 5.56 Å². The van der Waals surface area contributed by atoms with E-state index in [1.165, 1.54) is 0 Å². The Bertz CT molecular complexity index is 534. The van der Waals surface area contributed by atoms with E-state index >= 15 is 0 Å². The monoisotopic (exact) mass is 341 g/mol. The molecule has 22 heavy (non-hydrogen) atoms. The van der Waals surface area contributed by atoms with E-state index in [-0.39, 0.29) is 42.6 Å². The first-order valence-corrected chi connectivity index (χ1v) is 7.82. The molecule has 0 saturated carbocycles. The number of alkyl carbamates (subject to hydrolysis) is 1. The van der Waals surface area contributed by atoms with Crippen molar-refractivity contribution in [2.24, 2.45) is 0 Å². The second-order valence-electron chi connectivity index (χ2n) is 4.27. The van der Waals surface area contributed by atoms with Gasteiger partial charge in [-0.25, -0.2) is 9.59 Å². The van der Waals surface area contributed by atoms with Crippen molar-refractivity contribution in [1.82, 2.24) is 5.32 Å². The van der Waals surface area contributed by atoms with Gasteiger partial charge in [0.1, 0.15) is 12.6 Å². The first-order chi connectivity index (χ1) is 9.78. The van der Waals surface area contributed by atoms with Crippen molar-refractivity contribution in [2.45, 2.75) is 19.1 Å². The summed E-state index contributed by atoms with van der Waals surface area (Å²) in [6.07, 6.45) is -1.99. The van der Waals surface area contributed by atoms with Crippen LogP contribution in [-0.2, 0) is 20.7 Å². The van der Waals surface area contributed by atoms with Gasteiger partial charge in [0.25, 0.3) is 0 Å². The number of rotatable bonds is 7. The Hall–Kier alpha value is -0.890. The summed E-state index contributed by atoms with van der Waals surface area (Å²) in [4.78, 5) is 39.8. The summed E-state index contributed by atoms with van der Waals surface area (Å²) in [6.45, 7) is -0.0303. The zero-order chi connectivity index (χ0) is 15.9. The maximum absolute atomic E-state index is 11.5. The van der Waals surface area contributed by atoms with Crippen LogP contribution in [-0.4, -0.2) is 68.7 Å². The number of amides is 1. The van der Waals surface area contributed by atoms with E-state index in [4.69, 9.17) is 19.6 Å². The predicted octanol–water partition coefficient (Wildman–Crippen LogP) is 0.285. The van der Waals surface area contributed by atoms with Crippen molar-refractivity contribution in [2.75, 3.05) is 6.16 Å². The van der Waals surface area contributed by atoms with Crippen LogP contribution in [0.25, 0.3) is 0 Å². The molecule has 1 rings (SSSR count). The van der Waals surface area contributed by atoms with Gasteiger partial charge in [0, 0.05) is 0 Å². The number of nitrogens with one attached hydrogen (secondary N) is 1. The Kier molecular flexibility index (Phi) is 9.59. The van der Waals surface area contributed by atoms with Crippen molar-refractivity contribution in [3.63, 3.8) is 0 Å². The van der Waals surface area contributed by atoms with Gasteiger partial charge < -0.3 is 24.9 Å². The van der Waals surface area contributed by atoms with Gasteiger partial charge in [0.05, 0.1) is 6.16 Å². The van der Waals surface area contributed by atoms with Crippen LogP contribution in [0.2, 0.25) is 0 Å². The van der Waals surface area contributed by atoms with Crippen LogP contribution in [0.5, 0.6) is 0 Å². The Labute approximate surface area is 149 Å². The molecular formula is C12H17NNaO7P. The Morgan fingerprint density at radius 1 is 1.23 bits per heavy atom. The molecule has 0 aliphatic heterocycles. The molecule has 1 amide bonds. The number of ether oxygens (including phenoxy) is 1. The minimum absolute atomic E-state index is 0.